The predicted molar refractivity (Wildman–Crippen MR) is 121 cm³/mol. The fraction of sp³-hybridized carbons (Fsp3) is 0.391. The van der Waals surface area contributed by atoms with Crippen LogP contribution in [-0.4, -0.2) is 22.9 Å². The normalized spacial score (nSPS) is 15.2. The highest BCUT2D eigenvalue weighted by Gasteiger charge is 2.16. The summed E-state index contributed by atoms with van der Waals surface area (Å²) in [4.78, 5) is 24.0. The average molecular weight is 433 g/mol. The number of carbonyl (C=O) groups excluding carboxylic acids is 2. The number of hydrogen-bond acceptors (Lipinski definition) is 6. The van der Waals surface area contributed by atoms with Crippen LogP contribution in [0, 0.1) is 0 Å². The molecule has 3 rings (SSSR count). The van der Waals surface area contributed by atoms with Crippen molar-refractivity contribution in [1.29, 1.82) is 0 Å². The van der Waals surface area contributed by atoms with Crippen LogP contribution in [0.4, 0.5) is 0 Å². The van der Waals surface area contributed by atoms with E-state index in [-0.39, 0.29) is 23.9 Å². The van der Waals surface area contributed by atoms with Gasteiger partial charge < -0.3 is 9.47 Å². The van der Waals surface area contributed by atoms with E-state index in [1.807, 2.05) is 58.8 Å². The Morgan fingerprint density at radius 1 is 1.07 bits per heavy atom. The molecule has 1 atom stereocenters. The lowest BCUT2D eigenvalue weighted by Gasteiger charge is -2.10. The molecule has 29 heavy (non-hydrogen) atoms. The fourth-order valence-electron chi connectivity index (χ4n) is 2.45. The first-order chi connectivity index (χ1) is 14.1. The molecule has 1 aliphatic heterocycles. The Morgan fingerprint density at radius 3 is 2.41 bits per heavy atom. The van der Waals surface area contributed by atoms with Crippen molar-refractivity contribution in [3.8, 4) is 5.75 Å². The van der Waals surface area contributed by atoms with Gasteiger partial charge in [0.2, 0.25) is 0 Å². The van der Waals surface area contributed by atoms with Gasteiger partial charge in [-0.2, -0.15) is 0 Å². The molecule has 1 fully saturated rings. The first kappa shape index (κ1) is 23.4. The van der Waals surface area contributed by atoms with Crippen molar-refractivity contribution in [3.63, 3.8) is 0 Å². The van der Waals surface area contributed by atoms with Gasteiger partial charge in [-0.25, -0.2) is 4.79 Å². The van der Waals surface area contributed by atoms with Gasteiger partial charge in [0.25, 0.3) is 0 Å². The Balaban J connectivity index is 0.000000426. The lowest BCUT2D eigenvalue weighted by Crippen LogP contribution is -2.12. The summed E-state index contributed by atoms with van der Waals surface area (Å²) in [5, 5.41) is 0.926. The average Bonchev–Trinajstić information content (AvgIpc) is 3.23. The molecule has 1 saturated heterocycles. The van der Waals surface area contributed by atoms with Gasteiger partial charge in [0.05, 0.1) is 0 Å². The van der Waals surface area contributed by atoms with E-state index in [4.69, 9.17) is 9.47 Å². The standard InChI is InChI=1S/C19H20O4.C4H8S2/c1-2-3-13-18(20)23-17-12-8-7-11-16(17)19(21)22-14-15-9-5-4-6-10-15;1-4-2-3-5-6-4/h4-12H,2-3,13-14H2,1H3;4H,2-3H2,1H3. The number of esters is 2. The van der Waals surface area contributed by atoms with Crippen LogP contribution in [0.1, 0.15) is 55.5 Å². The van der Waals surface area contributed by atoms with Gasteiger partial charge in [0, 0.05) is 17.4 Å². The van der Waals surface area contributed by atoms with Crippen LogP contribution in [0.5, 0.6) is 5.75 Å². The highest BCUT2D eigenvalue weighted by Crippen LogP contribution is 2.36. The summed E-state index contributed by atoms with van der Waals surface area (Å²) in [5.74, 6) is 0.765. The van der Waals surface area contributed by atoms with Gasteiger partial charge in [0.15, 0.2) is 0 Å². The van der Waals surface area contributed by atoms with Gasteiger partial charge >= 0.3 is 11.9 Å². The van der Waals surface area contributed by atoms with Crippen LogP contribution < -0.4 is 4.74 Å². The van der Waals surface area contributed by atoms with Crippen LogP contribution in [0.25, 0.3) is 0 Å². The maximum Gasteiger partial charge on any atom is 0.342 e. The lowest BCUT2D eigenvalue weighted by molar-refractivity contribution is -0.134. The summed E-state index contributed by atoms with van der Waals surface area (Å²) in [6.45, 7) is 4.46. The molecule has 0 aromatic heterocycles. The molecule has 2 aromatic rings. The number of carbonyl (C=O) groups is 2. The zero-order valence-electron chi connectivity index (χ0n) is 17.0. The van der Waals surface area contributed by atoms with E-state index in [0.29, 0.717) is 6.42 Å². The van der Waals surface area contributed by atoms with E-state index in [9.17, 15) is 9.59 Å². The number of ether oxygens (including phenoxy) is 2. The molecule has 4 nitrogen and oxygen atoms in total. The number of unbranched alkanes of at least 4 members (excludes halogenated alkanes) is 1. The summed E-state index contributed by atoms with van der Waals surface area (Å²) >= 11 is 0. The minimum absolute atomic E-state index is 0.178. The molecule has 0 bridgehead atoms. The molecule has 2 aromatic carbocycles. The van der Waals surface area contributed by atoms with Gasteiger partial charge in [-0.3, -0.25) is 4.79 Å². The predicted octanol–water partition coefficient (Wildman–Crippen LogP) is 6.30. The van der Waals surface area contributed by atoms with E-state index in [0.717, 1.165) is 23.7 Å². The Hall–Kier alpha value is -1.92. The third-order valence-corrected chi connectivity index (χ3v) is 7.11. The highest BCUT2D eigenvalue weighted by molar-refractivity contribution is 8.77. The smallest absolute Gasteiger partial charge is 0.342 e. The fourth-order valence-corrected chi connectivity index (χ4v) is 5.15. The second kappa shape index (κ2) is 13.3. The summed E-state index contributed by atoms with van der Waals surface area (Å²) in [5.41, 5.74) is 1.16. The van der Waals surface area contributed by atoms with Crippen LogP contribution in [0.2, 0.25) is 0 Å². The molecule has 1 unspecified atom stereocenters. The molecular formula is C23H28O4S2. The molecule has 0 amide bonds. The largest absolute Gasteiger partial charge is 0.457 e. The monoisotopic (exact) mass is 432 g/mol. The van der Waals surface area contributed by atoms with Crippen molar-refractivity contribution >= 4 is 33.5 Å². The molecule has 6 heteroatoms. The minimum atomic E-state index is -0.507. The lowest BCUT2D eigenvalue weighted by atomic mass is 10.2. The van der Waals surface area contributed by atoms with Crippen molar-refractivity contribution in [2.45, 2.75) is 51.4 Å². The Labute approximate surface area is 181 Å². The van der Waals surface area contributed by atoms with Gasteiger partial charge in [0.1, 0.15) is 17.9 Å². The Morgan fingerprint density at radius 2 is 1.79 bits per heavy atom. The molecular weight excluding hydrogens is 404 g/mol. The molecule has 0 aliphatic carbocycles. The van der Waals surface area contributed by atoms with Crippen molar-refractivity contribution in [1.82, 2.24) is 0 Å². The van der Waals surface area contributed by atoms with E-state index in [1.54, 1.807) is 24.3 Å². The second-order valence-electron chi connectivity index (χ2n) is 6.65. The van der Waals surface area contributed by atoms with Crippen LogP contribution in [-0.2, 0) is 16.1 Å². The quantitative estimate of drug-likeness (QED) is 0.291. The Kier molecular flexibility index (Phi) is 10.7. The van der Waals surface area contributed by atoms with E-state index >= 15 is 0 Å². The van der Waals surface area contributed by atoms with Crippen molar-refractivity contribution < 1.29 is 19.1 Å². The van der Waals surface area contributed by atoms with Crippen molar-refractivity contribution in [2.75, 3.05) is 5.75 Å². The summed E-state index contributed by atoms with van der Waals surface area (Å²) in [6, 6.07) is 16.0. The molecule has 0 saturated carbocycles. The van der Waals surface area contributed by atoms with Crippen LogP contribution in [0.15, 0.2) is 54.6 Å². The molecule has 0 spiro atoms. The number of rotatable bonds is 7. The third kappa shape index (κ3) is 8.96. The zero-order valence-corrected chi connectivity index (χ0v) is 18.6. The molecule has 1 heterocycles. The van der Waals surface area contributed by atoms with E-state index in [2.05, 4.69) is 6.92 Å². The summed E-state index contributed by atoms with van der Waals surface area (Å²) < 4.78 is 10.6. The maximum absolute atomic E-state index is 12.2. The second-order valence-corrected chi connectivity index (χ2v) is 9.58. The first-order valence-electron chi connectivity index (χ1n) is 9.89. The van der Waals surface area contributed by atoms with E-state index in [1.165, 1.54) is 12.2 Å². The minimum Gasteiger partial charge on any atom is -0.457 e. The van der Waals surface area contributed by atoms with Crippen molar-refractivity contribution in [2.24, 2.45) is 0 Å². The number of benzene rings is 2. The van der Waals surface area contributed by atoms with Crippen molar-refractivity contribution in [3.05, 3.63) is 65.7 Å². The van der Waals surface area contributed by atoms with Gasteiger partial charge in [-0.15, -0.1) is 0 Å². The maximum atomic E-state index is 12.2. The van der Waals surface area contributed by atoms with Crippen LogP contribution >= 0.6 is 21.6 Å². The SMILES string of the molecule is CC1CCSS1.CCCCC(=O)Oc1ccccc1C(=O)OCc1ccccc1. The molecule has 156 valence electrons. The summed E-state index contributed by atoms with van der Waals surface area (Å²) in [6.07, 6.45) is 3.43. The van der Waals surface area contributed by atoms with Gasteiger partial charge in [-0.1, -0.05) is 84.3 Å². The number of para-hydroxylation sites is 1. The van der Waals surface area contributed by atoms with Gasteiger partial charge in [-0.05, 0) is 30.5 Å². The Bertz CT molecular complexity index is 758. The molecule has 0 radical (unpaired) electrons. The third-order valence-electron chi connectivity index (χ3n) is 4.12. The topological polar surface area (TPSA) is 52.6 Å². The summed E-state index contributed by atoms with van der Waals surface area (Å²) in [7, 11) is 4.01. The number of hydrogen-bond donors (Lipinski definition) is 0. The first-order valence-corrected chi connectivity index (χ1v) is 12.3. The molecule has 0 N–H and O–H groups in total. The zero-order chi connectivity index (χ0) is 20.9. The molecule has 1 aliphatic rings. The highest BCUT2D eigenvalue weighted by atomic mass is 33.1. The van der Waals surface area contributed by atoms with E-state index < -0.39 is 5.97 Å². The van der Waals surface area contributed by atoms with Crippen LogP contribution in [0.3, 0.4) is 0 Å².